The molecule has 0 radical (unpaired) electrons. The number of aryl methyl sites for hydroxylation is 1. The molecule has 1 aromatic heterocycles. The Morgan fingerprint density at radius 2 is 1.29 bits per heavy atom. The Morgan fingerprint density at radius 3 is 1.71 bits per heavy atom. The van der Waals surface area contributed by atoms with Crippen molar-refractivity contribution in [3.8, 4) is 0 Å². The minimum Gasteiger partial charge on any atom is -0.241 e. The fourth-order valence-electron chi connectivity index (χ4n) is 3.00. The first kappa shape index (κ1) is 18.1. The Labute approximate surface area is 131 Å². The van der Waals surface area contributed by atoms with Crippen LogP contribution in [0.4, 0.5) is 0 Å². The van der Waals surface area contributed by atoms with Gasteiger partial charge >= 0.3 is 0 Å². The maximum atomic E-state index is 4.42. The van der Waals surface area contributed by atoms with Gasteiger partial charge in [0.1, 0.15) is 5.82 Å². The van der Waals surface area contributed by atoms with E-state index in [1.165, 1.54) is 69.8 Å². The highest BCUT2D eigenvalue weighted by Gasteiger charge is 2.26. The van der Waals surface area contributed by atoms with Crippen LogP contribution in [0, 0.1) is 6.92 Å². The van der Waals surface area contributed by atoms with Gasteiger partial charge in [-0.15, -0.1) is 0 Å². The fourth-order valence-corrected chi connectivity index (χ4v) is 3.00. The monoisotopic (exact) mass is 290 g/mol. The van der Waals surface area contributed by atoms with Crippen LogP contribution in [0.25, 0.3) is 0 Å². The molecule has 0 bridgehead atoms. The molecule has 120 valence electrons. The molecule has 0 atom stereocenters. The largest absolute Gasteiger partial charge is 0.241 e. The molecule has 2 nitrogen and oxygen atoms in total. The third-order valence-electron chi connectivity index (χ3n) is 4.64. The molecule has 0 aliphatic heterocycles. The van der Waals surface area contributed by atoms with Gasteiger partial charge in [0, 0.05) is 12.4 Å². The summed E-state index contributed by atoms with van der Waals surface area (Å²) in [4.78, 5) is 8.85. The predicted octanol–water partition coefficient (Wildman–Crippen LogP) is 5.98. The summed E-state index contributed by atoms with van der Waals surface area (Å²) >= 11 is 0. The number of hydrogen-bond donors (Lipinski definition) is 0. The number of nitrogens with zero attached hydrogens (tertiary/aromatic N) is 2. The van der Waals surface area contributed by atoms with Crippen LogP contribution < -0.4 is 0 Å². The lowest BCUT2D eigenvalue weighted by Gasteiger charge is -2.30. The highest BCUT2D eigenvalue weighted by molar-refractivity contribution is 5.18. The van der Waals surface area contributed by atoms with Gasteiger partial charge in [-0.05, 0) is 30.7 Å². The Bertz CT molecular complexity index is 358. The molecule has 0 aliphatic carbocycles. The maximum absolute atomic E-state index is 4.42. The standard InChI is InChI=1S/C19H34N2/c1-5-7-9-11-13-19(4,14-12-10-8-6-2)18-15-20-17(3)21-16-18/h15-16H,5-14H2,1-4H3. The van der Waals surface area contributed by atoms with Crippen molar-refractivity contribution in [2.75, 3.05) is 0 Å². The second-order valence-corrected chi connectivity index (χ2v) is 6.70. The summed E-state index contributed by atoms with van der Waals surface area (Å²) < 4.78 is 0. The first-order valence-corrected chi connectivity index (χ1v) is 8.91. The van der Waals surface area contributed by atoms with Gasteiger partial charge < -0.3 is 0 Å². The van der Waals surface area contributed by atoms with Crippen molar-refractivity contribution in [1.29, 1.82) is 0 Å². The summed E-state index contributed by atoms with van der Waals surface area (Å²) in [5.41, 5.74) is 1.59. The molecule has 21 heavy (non-hydrogen) atoms. The molecule has 0 N–H and O–H groups in total. The molecule has 0 spiro atoms. The zero-order valence-electron chi connectivity index (χ0n) is 14.6. The van der Waals surface area contributed by atoms with Crippen molar-refractivity contribution in [1.82, 2.24) is 9.97 Å². The smallest absolute Gasteiger partial charge is 0.125 e. The van der Waals surface area contributed by atoms with Crippen molar-refractivity contribution in [2.45, 2.75) is 97.3 Å². The van der Waals surface area contributed by atoms with E-state index in [4.69, 9.17) is 0 Å². The molecule has 1 aromatic rings. The first-order chi connectivity index (χ1) is 10.1. The maximum Gasteiger partial charge on any atom is 0.125 e. The van der Waals surface area contributed by atoms with Gasteiger partial charge in [-0.3, -0.25) is 0 Å². The summed E-state index contributed by atoms with van der Waals surface area (Å²) in [7, 11) is 0. The molecular formula is C19H34N2. The van der Waals surface area contributed by atoms with Gasteiger partial charge in [-0.25, -0.2) is 9.97 Å². The van der Waals surface area contributed by atoms with Crippen molar-refractivity contribution in [3.05, 3.63) is 23.8 Å². The van der Waals surface area contributed by atoms with E-state index in [-0.39, 0.29) is 5.41 Å². The lowest BCUT2D eigenvalue weighted by atomic mass is 9.75. The second-order valence-electron chi connectivity index (χ2n) is 6.70. The molecule has 0 amide bonds. The lowest BCUT2D eigenvalue weighted by Crippen LogP contribution is -2.23. The van der Waals surface area contributed by atoms with Crippen LogP contribution in [0.1, 0.15) is 96.4 Å². The highest BCUT2D eigenvalue weighted by atomic mass is 14.8. The predicted molar refractivity (Wildman–Crippen MR) is 91.6 cm³/mol. The third kappa shape index (κ3) is 6.58. The molecule has 1 rings (SSSR count). The van der Waals surface area contributed by atoms with E-state index < -0.39 is 0 Å². The van der Waals surface area contributed by atoms with Gasteiger partial charge in [0.2, 0.25) is 0 Å². The van der Waals surface area contributed by atoms with Gasteiger partial charge in [-0.2, -0.15) is 0 Å². The number of hydrogen-bond acceptors (Lipinski definition) is 2. The van der Waals surface area contributed by atoms with E-state index >= 15 is 0 Å². The van der Waals surface area contributed by atoms with Crippen LogP contribution in [0.5, 0.6) is 0 Å². The molecule has 0 fully saturated rings. The SMILES string of the molecule is CCCCCCC(C)(CCCCCC)c1cnc(C)nc1. The molecule has 0 saturated carbocycles. The van der Waals surface area contributed by atoms with E-state index in [9.17, 15) is 0 Å². The Morgan fingerprint density at radius 1 is 0.810 bits per heavy atom. The van der Waals surface area contributed by atoms with Gasteiger partial charge in [0.15, 0.2) is 0 Å². The molecule has 0 aromatic carbocycles. The Hall–Kier alpha value is -0.920. The van der Waals surface area contributed by atoms with Crippen LogP contribution in [0.3, 0.4) is 0 Å². The van der Waals surface area contributed by atoms with Crippen molar-refractivity contribution >= 4 is 0 Å². The van der Waals surface area contributed by atoms with Crippen molar-refractivity contribution in [3.63, 3.8) is 0 Å². The highest BCUT2D eigenvalue weighted by Crippen LogP contribution is 2.34. The normalized spacial score (nSPS) is 11.8. The molecule has 1 heterocycles. The van der Waals surface area contributed by atoms with Gasteiger partial charge in [-0.1, -0.05) is 72.1 Å². The van der Waals surface area contributed by atoms with Gasteiger partial charge in [0.25, 0.3) is 0 Å². The zero-order valence-corrected chi connectivity index (χ0v) is 14.6. The zero-order chi connectivity index (χ0) is 15.6. The van der Waals surface area contributed by atoms with E-state index in [0.717, 1.165) is 5.82 Å². The van der Waals surface area contributed by atoms with E-state index in [1.807, 2.05) is 6.92 Å². The summed E-state index contributed by atoms with van der Waals surface area (Å²) in [6.07, 6.45) is 17.3. The van der Waals surface area contributed by atoms with Crippen LogP contribution in [0.15, 0.2) is 12.4 Å². The fraction of sp³-hybridized carbons (Fsp3) is 0.789. The molecule has 0 saturated heterocycles. The molecule has 0 unspecified atom stereocenters. The van der Waals surface area contributed by atoms with Crippen molar-refractivity contribution < 1.29 is 0 Å². The van der Waals surface area contributed by atoms with E-state index in [1.54, 1.807) is 0 Å². The van der Waals surface area contributed by atoms with Crippen LogP contribution >= 0.6 is 0 Å². The minimum absolute atomic E-state index is 0.259. The van der Waals surface area contributed by atoms with Crippen molar-refractivity contribution in [2.24, 2.45) is 0 Å². The average molecular weight is 290 g/mol. The topological polar surface area (TPSA) is 25.8 Å². The minimum atomic E-state index is 0.259. The first-order valence-electron chi connectivity index (χ1n) is 8.91. The molecule has 0 aliphatic rings. The Balaban J connectivity index is 2.65. The van der Waals surface area contributed by atoms with Crippen LogP contribution in [-0.4, -0.2) is 9.97 Å². The number of aromatic nitrogens is 2. The Kier molecular flexibility index (Phi) is 8.56. The van der Waals surface area contributed by atoms with E-state index in [2.05, 4.69) is 43.1 Å². The summed E-state index contributed by atoms with van der Waals surface area (Å²) in [6.45, 7) is 8.93. The lowest BCUT2D eigenvalue weighted by molar-refractivity contribution is 0.362. The van der Waals surface area contributed by atoms with Crippen LogP contribution in [-0.2, 0) is 5.41 Å². The van der Waals surface area contributed by atoms with Crippen LogP contribution in [0.2, 0.25) is 0 Å². The van der Waals surface area contributed by atoms with Gasteiger partial charge in [0.05, 0.1) is 0 Å². The van der Waals surface area contributed by atoms with E-state index in [0.29, 0.717) is 0 Å². The quantitative estimate of drug-likeness (QED) is 0.468. The number of rotatable bonds is 11. The summed E-state index contributed by atoms with van der Waals surface area (Å²) in [5.74, 6) is 0.873. The second kappa shape index (κ2) is 9.92. The molecular weight excluding hydrogens is 256 g/mol. The average Bonchev–Trinajstić information content (AvgIpc) is 2.49. The third-order valence-corrected chi connectivity index (χ3v) is 4.64. The number of unbranched alkanes of at least 4 members (excludes halogenated alkanes) is 6. The summed E-state index contributed by atoms with van der Waals surface area (Å²) in [6, 6.07) is 0. The summed E-state index contributed by atoms with van der Waals surface area (Å²) in [5, 5.41) is 0. The molecule has 2 heteroatoms.